The second-order valence-corrected chi connectivity index (χ2v) is 9.12. The number of furan rings is 1. The largest absolute Gasteiger partial charge is 0.467 e. The first-order chi connectivity index (χ1) is 17.8. The number of benzene rings is 2. The average Bonchev–Trinajstić information content (AvgIpc) is 3.53. The molecule has 10 nitrogen and oxygen atoms in total. The Hall–Kier alpha value is -4.47. The molecule has 0 fully saturated rings. The first-order valence-corrected chi connectivity index (χ1v) is 12.1. The zero-order chi connectivity index (χ0) is 26.4. The first-order valence-electron chi connectivity index (χ1n) is 12.1. The quantitative estimate of drug-likeness (QED) is 0.339. The minimum absolute atomic E-state index is 0.148. The number of para-hydroxylation sites is 1. The molecule has 2 heterocycles. The zero-order valence-corrected chi connectivity index (χ0v) is 21.0. The van der Waals surface area contributed by atoms with Crippen LogP contribution in [0.1, 0.15) is 39.0 Å². The van der Waals surface area contributed by atoms with Crippen LogP contribution in [-0.2, 0) is 20.9 Å². The van der Waals surface area contributed by atoms with Crippen molar-refractivity contribution in [3.05, 3.63) is 72.7 Å². The van der Waals surface area contributed by atoms with Gasteiger partial charge in [-0.25, -0.2) is 4.68 Å². The Bertz CT molecular complexity index is 1360. The highest BCUT2D eigenvalue weighted by Crippen LogP contribution is 2.30. The van der Waals surface area contributed by atoms with Gasteiger partial charge in [0.05, 0.1) is 11.8 Å². The maximum atomic E-state index is 13.9. The van der Waals surface area contributed by atoms with Gasteiger partial charge in [-0.2, -0.15) is 0 Å². The molecule has 0 radical (unpaired) electrons. The van der Waals surface area contributed by atoms with Gasteiger partial charge in [0.1, 0.15) is 17.8 Å². The van der Waals surface area contributed by atoms with Crippen molar-refractivity contribution in [1.29, 1.82) is 0 Å². The molecule has 0 spiro atoms. The molecule has 4 aromatic rings. The lowest BCUT2D eigenvalue weighted by Crippen LogP contribution is -2.45. The van der Waals surface area contributed by atoms with E-state index in [4.69, 9.17) is 4.42 Å². The highest BCUT2D eigenvalue weighted by molar-refractivity contribution is 6.01. The van der Waals surface area contributed by atoms with Crippen LogP contribution in [0.3, 0.4) is 0 Å². The van der Waals surface area contributed by atoms with Gasteiger partial charge in [0.25, 0.3) is 5.91 Å². The number of nitrogens with one attached hydrogen (secondary N) is 2. The van der Waals surface area contributed by atoms with Gasteiger partial charge in [-0.05, 0) is 60.9 Å². The van der Waals surface area contributed by atoms with Gasteiger partial charge in [0.15, 0.2) is 6.04 Å². The van der Waals surface area contributed by atoms with Crippen LogP contribution in [0.25, 0.3) is 11.0 Å². The minimum atomic E-state index is -1.06. The number of rotatable bonds is 10. The van der Waals surface area contributed by atoms with Crippen LogP contribution in [0.2, 0.25) is 0 Å². The lowest BCUT2D eigenvalue weighted by molar-refractivity contribution is -0.127. The fraction of sp³-hybridized carbons (Fsp3) is 0.296. The van der Waals surface area contributed by atoms with Gasteiger partial charge in [-0.15, -0.1) is 5.10 Å². The van der Waals surface area contributed by atoms with E-state index < -0.39 is 6.04 Å². The number of anilines is 2. The SMILES string of the molecule is CC(=O)Nc1ccc(N(C(=O)Cn2nnc3ccccc32)[C@@H](C(=O)NCCC(C)C)c2ccco2)cc1. The number of hydrogen-bond donors (Lipinski definition) is 2. The van der Waals surface area contributed by atoms with E-state index in [1.165, 1.54) is 22.8 Å². The minimum Gasteiger partial charge on any atom is -0.467 e. The molecule has 10 heteroatoms. The Morgan fingerprint density at radius 1 is 1.03 bits per heavy atom. The summed E-state index contributed by atoms with van der Waals surface area (Å²) in [7, 11) is 0. The molecule has 0 aliphatic heterocycles. The second kappa shape index (κ2) is 11.5. The van der Waals surface area contributed by atoms with E-state index in [1.807, 2.05) is 24.3 Å². The lowest BCUT2D eigenvalue weighted by atomic mass is 10.1. The normalized spacial score (nSPS) is 11.9. The summed E-state index contributed by atoms with van der Waals surface area (Å²) in [6, 6.07) is 16.3. The van der Waals surface area contributed by atoms with Crippen LogP contribution in [0.5, 0.6) is 0 Å². The van der Waals surface area contributed by atoms with Gasteiger partial charge >= 0.3 is 0 Å². The molecule has 2 N–H and O–H groups in total. The van der Waals surface area contributed by atoms with E-state index in [9.17, 15) is 14.4 Å². The number of hydrogen-bond acceptors (Lipinski definition) is 6. The van der Waals surface area contributed by atoms with Crippen molar-refractivity contribution in [2.75, 3.05) is 16.8 Å². The Labute approximate surface area is 214 Å². The summed E-state index contributed by atoms with van der Waals surface area (Å²) in [6.07, 6.45) is 2.26. The van der Waals surface area contributed by atoms with E-state index in [2.05, 4.69) is 34.8 Å². The molecule has 4 rings (SSSR count). The number of carbonyl (C=O) groups is 3. The molecule has 0 unspecified atom stereocenters. The van der Waals surface area contributed by atoms with E-state index in [1.54, 1.807) is 36.4 Å². The predicted octanol–water partition coefficient (Wildman–Crippen LogP) is 3.92. The summed E-state index contributed by atoms with van der Waals surface area (Å²) in [5, 5.41) is 13.9. The molecular weight excluding hydrogens is 472 g/mol. The summed E-state index contributed by atoms with van der Waals surface area (Å²) in [5.41, 5.74) is 2.40. The van der Waals surface area contributed by atoms with Crippen LogP contribution < -0.4 is 15.5 Å². The van der Waals surface area contributed by atoms with E-state index >= 15 is 0 Å². The highest BCUT2D eigenvalue weighted by Gasteiger charge is 2.35. The van der Waals surface area contributed by atoms with Gasteiger partial charge < -0.3 is 15.1 Å². The van der Waals surface area contributed by atoms with Crippen molar-refractivity contribution in [3.63, 3.8) is 0 Å². The molecule has 37 heavy (non-hydrogen) atoms. The predicted molar refractivity (Wildman–Crippen MR) is 140 cm³/mol. The van der Waals surface area contributed by atoms with Crippen LogP contribution >= 0.6 is 0 Å². The molecule has 3 amide bonds. The Kier molecular flexibility index (Phi) is 7.97. The molecule has 2 aromatic carbocycles. The van der Waals surface area contributed by atoms with Crippen molar-refractivity contribution >= 4 is 40.1 Å². The van der Waals surface area contributed by atoms with Crippen LogP contribution in [0, 0.1) is 5.92 Å². The number of carbonyl (C=O) groups excluding carboxylic acids is 3. The summed E-state index contributed by atoms with van der Waals surface area (Å²) >= 11 is 0. The molecule has 0 saturated carbocycles. The Morgan fingerprint density at radius 3 is 2.46 bits per heavy atom. The lowest BCUT2D eigenvalue weighted by Gasteiger charge is -2.30. The second-order valence-electron chi connectivity index (χ2n) is 9.12. The van der Waals surface area contributed by atoms with E-state index in [0.717, 1.165) is 6.42 Å². The van der Waals surface area contributed by atoms with Crippen LogP contribution in [0.4, 0.5) is 11.4 Å². The summed E-state index contributed by atoms with van der Waals surface area (Å²) in [4.78, 5) is 40.3. The fourth-order valence-corrected chi connectivity index (χ4v) is 3.99. The maximum Gasteiger partial charge on any atom is 0.251 e. The average molecular weight is 503 g/mol. The van der Waals surface area contributed by atoms with Gasteiger partial charge in [0, 0.05) is 24.8 Å². The molecule has 0 aliphatic carbocycles. The molecule has 0 bridgehead atoms. The summed E-state index contributed by atoms with van der Waals surface area (Å²) in [6.45, 7) is 5.88. The van der Waals surface area contributed by atoms with Crippen molar-refractivity contribution in [3.8, 4) is 0 Å². The molecule has 0 aliphatic rings. The monoisotopic (exact) mass is 502 g/mol. The standard InChI is InChI=1S/C27H30N6O4/c1-18(2)14-15-28-27(36)26(24-9-6-16-37-24)33(21-12-10-20(11-13-21)29-19(3)34)25(35)17-32-23-8-5-4-7-22(23)30-31-32/h4-13,16,18,26H,14-15,17H2,1-3H3,(H,28,36)(H,29,34)/t26-/m1/s1. The van der Waals surface area contributed by atoms with Crippen molar-refractivity contribution in [1.82, 2.24) is 20.3 Å². The maximum absolute atomic E-state index is 13.9. The third kappa shape index (κ3) is 6.21. The van der Waals surface area contributed by atoms with E-state index in [-0.39, 0.29) is 24.3 Å². The molecular formula is C27H30N6O4. The number of fused-ring (bicyclic) bond motifs is 1. The van der Waals surface area contributed by atoms with Crippen LogP contribution in [0.15, 0.2) is 71.3 Å². The molecule has 2 aromatic heterocycles. The number of nitrogens with zero attached hydrogens (tertiary/aromatic N) is 4. The number of amides is 3. The third-order valence-electron chi connectivity index (χ3n) is 5.78. The topological polar surface area (TPSA) is 122 Å². The number of aromatic nitrogens is 3. The van der Waals surface area contributed by atoms with E-state index in [0.29, 0.717) is 40.6 Å². The first kappa shape index (κ1) is 25.6. The summed E-state index contributed by atoms with van der Waals surface area (Å²) < 4.78 is 7.14. The fourth-order valence-electron chi connectivity index (χ4n) is 3.99. The molecule has 192 valence electrons. The zero-order valence-electron chi connectivity index (χ0n) is 21.0. The Morgan fingerprint density at radius 2 is 1.78 bits per heavy atom. The van der Waals surface area contributed by atoms with Crippen molar-refractivity contribution in [2.45, 2.75) is 39.8 Å². The van der Waals surface area contributed by atoms with Crippen LogP contribution in [-0.4, -0.2) is 39.3 Å². The highest BCUT2D eigenvalue weighted by atomic mass is 16.3. The Balaban J connectivity index is 1.72. The molecule has 1 atom stereocenters. The van der Waals surface area contributed by atoms with Crippen molar-refractivity contribution < 1.29 is 18.8 Å². The third-order valence-corrected chi connectivity index (χ3v) is 5.78. The summed E-state index contributed by atoms with van der Waals surface area (Å²) in [5.74, 6) is -0.231. The van der Waals surface area contributed by atoms with Gasteiger partial charge in [-0.3, -0.25) is 19.3 Å². The van der Waals surface area contributed by atoms with Crippen molar-refractivity contribution in [2.24, 2.45) is 5.92 Å². The van der Waals surface area contributed by atoms with Gasteiger partial charge in [-0.1, -0.05) is 31.2 Å². The smallest absolute Gasteiger partial charge is 0.251 e. The molecule has 0 saturated heterocycles. The van der Waals surface area contributed by atoms with Gasteiger partial charge in [0.2, 0.25) is 11.8 Å².